The number of rotatable bonds is 4. The molecule has 20 heavy (non-hydrogen) atoms. The van der Waals surface area contributed by atoms with Crippen LogP contribution in [0.5, 0.6) is 5.75 Å². The maximum Gasteiger partial charge on any atom is 0.494 e. The minimum atomic E-state index is -0.345. The van der Waals surface area contributed by atoms with Gasteiger partial charge >= 0.3 is 7.12 Å². The van der Waals surface area contributed by atoms with Crippen molar-refractivity contribution in [2.45, 2.75) is 43.8 Å². The van der Waals surface area contributed by atoms with Crippen LogP contribution in [0.4, 0.5) is 0 Å². The van der Waals surface area contributed by atoms with E-state index in [1.54, 1.807) is 7.11 Å². The van der Waals surface area contributed by atoms with Crippen molar-refractivity contribution >= 4 is 24.5 Å². The molecule has 0 radical (unpaired) electrons. The Morgan fingerprint density at radius 2 is 1.75 bits per heavy atom. The highest BCUT2D eigenvalue weighted by atomic mass is 32.2. The minimum absolute atomic E-state index is 0.325. The highest BCUT2D eigenvalue weighted by molar-refractivity contribution is 7.97. The van der Waals surface area contributed by atoms with Crippen LogP contribution >= 0.6 is 11.9 Å². The average molecular weight is 295 g/mol. The number of hydrogen-bond donors (Lipinski definition) is 1. The van der Waals surface area contributed by atoms with Gasteiger partial charge in [0.25, 0.3) is 0 Å². The number of ether oxygens (including phenoxy) is 1. The normalized spacial score (nSPS) is 20.2. The zero-order chi connectivity index (χ0) is 15.0. The van der Waals surface area contributed by atoms with E-state index in [1.165, 1.54) is 11.9 Å². The Labute approximate surface area is 125 Å². The molecule has 0 atom stereocenters. The van der Waals surface area contributed by atoms with Gasteiger partial charge in [-0.3, -0.25) is 4.72 Å². The van der Waals surface area contributed by atoms with E-state index in [0.29, 0.717) is 0 Å². The third kappa shape index (κ3) is 2.84. The minimum Gasteiger partial charge on any atom is -0.496 e. The summed E-state index contributed by atoms with van der Waals surface area (Å²) >= 11 is 1.51. The van der Waals surface area contributed by atoms with Crippen molar-refractivity contribution in [3.63, 3.8) is 0 Å². The summed E-state index contributed by atoms with van der Waals surface area (Å²) in [4.78, 5) is 1.02. The van der Waals surface area contributed by atoms with Crippen molar-refractivity contribution in [3.05, 3.63) is 18.2 Å². The molecule has 1 heterocycles. The summed E-state index contributed by atoms with van der Waals surface area (Å²) in [6, 6.07) is 5.98. The fraction of sp³-hybridized carbons (Fsp3) is 0.571. The molecule has 1 aliphatic rings. The van der Waals surface area contributed by atoms with Crippen LogP contribution in [0.1, 0.15) is 27.7 Å². The molecule has 0 amide bonds. The van der Waals surface area contributed by atoms with Crippen LogP contribution in [0.25, 0.3) is 0 Å². The number of nitrogens with one attached hydrogen (secondary N) is 1. The summed E-state index contributed by atoms with van der Waals surface area (Å²) in [6.07, 6.45) is 0. The van der Waals surface area contributed by atoms with Crippen molar-refractivity contribution in [1.82, 2.24) is 4.72 Å². The van der Waals surface area contributed by atoms with Gasteiger partial charge in [-0.25, -0.2) is 0 Å². The first-order valence-electron chi connectivity index (χ1n) is 6.68. The van der Waals surface area contributed by atoms with Crippen LogP contribution < -0.4 is 14.9 Å². The quantitative estimate of drug-likeness (QED) is 0.681. The topological polar surface area (TPSA) is 39.7 Å². The van der Waals surface area contributed by atoms with Crippen LogP contribution in [0.2, 0.25) is 0 Å². The average Bonchev–Trinajstić information content (AvgIpc) is 2.59. The molecule has 1 aromatic rings. The zero-order valence-electron chi connectivity index (χ0n) is 12.9. The van der Waals surface area contributed by atoms with Gasteiger partial charge in [0.2, 0.25) is 0 Å². The van der Waals surface area contributed by atoms with E-state index in [2.05, 4.69) is 32.4 Å². The van der Waals surface area contributed by atoms with Crippen molar-refractivity contribution in [1.29, 1.82) is 0 Å². The Morgan fingerprint density at radius 3 is 2.25 bits per heavy atom. The molecule has 1 aliphatic heterocycles. The lowest BCUT2D eigenvalue weighted by molar-refractivity contribution is 0.00578. The van der Waals surface area contributed by atoms with Gasteiger partial charge in [-0.15, -0.1) is 0 Å². The van der Waals surface area contributed by atoms with Gasteiger partial charge in [0.15, 0.2) is 0 Å². The molecule has 0 unspecified atom stereocenters. The van der Waals surface area contributed by atoms with Crippen LogP contribution in [0.3, 0.4) is 0 Å². The predicted octanol–water partition coefficient (Wildman–Crippen LogP) is 2.22. The van der Waals surface area contributed by atoms with Crippen molar-refractivity contribution in [3.8, 4) is 5.75 Å². The van der Waals surface area contributed by atoms with E-state index >= 15 is 0 Å². The molecule has 110 valence electrons. The molecule has 1 N–H and O–H groups in total. The van der Waals surface area contributed by atoms with Crippen molar-refractivity contribution in [2.75, 3.05) is 14.2 Å². The second-order valence-electron chi connectivity index (χ2n) is 5.80. The Kier molecular flexibility index (Phi) is 4.40. The Balaban J connectivity index is 2.29. The largest absolute Gasteiger partial charge is 0.496 e. The van der Waals surface area contributed by atoms with Gasteiger partial charge < -0.3 is 14.0 Å². The highest BCUT2D eigenvalue weighted by Crippen LogP contribution is 2.37. The fourth-order valence-electron chi connectivity index (χ4n) is 2.01. The number of methoxy groups -OCH3 is 1. The Bertz CT molecular complexity index is 477. The second kappa shape index (κ2) is 5.60. The van der Waals surface area contributed by atoms with Crippen LogP contribution in [-0.4, -0.2) is 32.5 Å². The summed E-state index contributed by atoms with van der Waals surface area (Å²) in [6.45, 7) is 8.22. The molecule has 1 aromatic carbocycles. The molecule has 0 aliphatic carbocycles. The third-order valence-corrected chi connectivity index (χ3v) is 4.67. The van der Waals surface area contributed by atoms with E-state index in [9.17, 15) is 0 Å². The number of benzene rings is 1. The molecule has 0 spiro atoms. The molecule has 1 fully saturated rings. The lowest BCUT2D eigenvalue weighted by atomic mass is 9.79. The third-order valence-electron chi connectivity index (χ3n) is 3.93. The van der Waals surface area contributed by atoms with E-state index in [4.69, 9.17) is 14.0 Å². The second-order valence-corrected chi connectivity index (χ2v) is 6.86. The smallest absolute Gasteiger partial charge is 0.494 e. The van der Waals surface area contributed by atoms with Crippen molar-refractivity contribution < 1.29 is 14.0 Å². The van der Waals surface area contributed by atoms with E-state index in [1.807, 2.05) is 25.2 Å². The van der Waals surface area contributed by atoms with Gasteiger partial charge in [-0.05, 0) is 64.3 Å². The van der Waals surface area contributed by atoms with Gasteiger partial charge in [0.05, 0.1) is 23.2 Å². The predicted molar refractivity (Wildman–Crippen MR) is 83.6 cm³/mol. The van der Waals surface area contributed by atoms with Gasteiger partial charge in [-0.2, -0.15) is 0 Å². The molecule has 1 saturated heterocycles. The SMILES string of the molecule is CNSc1cc(B2OC(C)(C)C(C)(C)O2)ccc1OC. The van der Waals surface area contributed by atoms with E-state index in [-0.39, 0.29) is 18.3 Å². The molecule has 4 nitrogen and oxygen atoms in total. The Hall–Kier alpha value is -0.685. The summed E-state index contributed by atoms with van der Waals surface area (Å²) in [5.41, 5.74) is 0.351. The molecule has 2 rings (SSSR count). The lowest BCUT2D eigenvalue weighted by Gasteiger charge is -2.32. The van der Waals surface area contributed by atoms with Crippen LogP contribution in [-0.2, 0) is 9.31 Å². The molecular weight excluding hydrogens is 273 g/mol. The summed E-state index contributed by atoms with van der Waals surface area (Å²) in [5.74, 6) is 0.838. The summed E-state index contributed by atoms with van der Waals surface area (Å²) in [5, 5.41) is 0. The van der Waals surface area contributed by atoms with Crippen LogP contribution in [0.15, 0.2) is 23.1 Å². The first-order valence-corrected chi connectivity index (χ1v) is 7.49. The molecule has 6 heteroatoms. The molecule has 0 bridgehead atoms. The monoisotopic (exact) mass is 295 g/mol. The fourth-order valence-corrected chi connectivity index (χ4v) is 2.68. The van der Waals surface area contributed by atoms with Gasteiger partial charge in [0.1, 0.15) is 5.75 Å². The number of hydrogen-bond acceptors (Lipinski definition) is 5. The molecule has 0 saturated carbocycles. The lowest BCUT2D eigenvalue weighted by Crippen LogP contribution is -2.41. The molecule has 0 aromatic heterocycles. The zero-order valence-corrected chi connectivity index (χ0v) is 13.8. The first kappa shape index (κ1) is 15.7. The molecular formula is C14H22BNO3S. The van der Waals surface area contributed by atoms with E-state index in [0.717, 1.165) is 16.1 Å². The van der Waals surface area contributed by atoms with Gasteiger partial charge in [-0.1, -0.05) is 6.07 Å². The highest BCUT2D eigenvalue weighted by Gasteiger charge is 2.51. The summed E-state index contributed by atoms with van der Waals surface area (Å²) in [7, 11) is 3.21. The standard InChI is InChI=1S/C14H22BNO3S/c1-13(2)14(3,4)19-15(18-13)10-7-8-11(17-6)12(9-10)20-16-5/h7-9,16H,1-6H3. The first-order chi connectivity index (χ1) is 9.30. The summed E-state index contributed by atoms with van der Waals surface area (Å²) < 4.78 is 20.5. The van der Waals surface area contributed by atoms with Gasteiger partial charge in [0, 0.05) is 0 Å². The van der Waals surface area contributed by atoms with E-state index < -0.39 is 0 Å². The van der Waals surface area contributed by atoms with Crippen molar-refractivity contribution in [2.24, 2.45) is 0 Å². The van der Waals surface area contributed by atoms with Crippen LogP contribution in [0, 0.1) is 0 Å². The maximum absolute atomic E-state index is 6.06. The maximum atomic E-state index is 6.06. The Morgan fingerprint density at radius 1 is 1.15 bits per heavy atom.